The van der Waals surface area contributed by atoms with Crippen molar-refractivity contribution in [1.82, 2.24) is 14.9 Å². The van der Waals surface area contributed by atoms with Crippen molar-refractivity contribution < 1.29 is 18.9 Å². The highest BCUT2D eigenvalue weighted by Gasteiger charge is 2.21. The average molecular weight is 517 g/mol. The summed E-state index contributed by atoms with van der Waals surface area (Å²) in [5.74, 6) is -0.0728. The van der Waals surface area contributed by atoms with Crippen LogP contribution in [0.5, 0.6) is 5.75 Å². The Kier molecular flexibility index (Phi) is 7.23. The van der Waals surface area contributed by atoms with Gasteiger partial charge in [-0.1, -0.05) is 30.1 Å². The summed E-state index contributed by atoms with van der Waals surface area (Å²) in [5, 5.41) is 7.08. The zero-order chi connectivity index (χ0) is 26.6. The number of methoxy groups -OCH3 is 1. The molecule has 0 bridgehead atoms. The maximum absolute atomic E-state index is 14.3. The van der Waals surface area contributed by atoms with Crippen LogP contribution < -0.4 is 26.1 Å². The minimum atomic E-state index is -0.868. The minimum Gasteiger partial charge on any atom is -0.493 e. The Balaban J connectivity index is 1.45. The largest absolute Gasteiger partial charge is 0.493 e. The van der Waals surface area contributed by atoms with E-state index in [9.17, 15) is 9.18 Å². The molecular formula is C28H31FN7O2+. The van der Waals surface area contributed by atoms with E-state index in [0.29, 0.717) is 23.2 Å². The number of fused-ring (bicyclic) bond motifs is 1. The molecule has 0 radical (unpaired) electrons. The first-order valence-electron chi connectivity index (χ1n) is 12.6. The lowest BCUT2D eigenvalue weighted by Gasteiger charge is -2.27. The van der Waals surface area contributed by atoms with Crippen molar-refractivity contribution in [1.29, 1.82) is 0 Å². The van der Waals surface area contributed by atoms with Crippen LogP contribution in [0.4, 0.5) is 27.5 Å². The number of hydrogen-bond acceptors (Lipinski definition) is 6. The van der Waals surface area contributed by atoms with Crippen molar-refractivity contribution in [2.75, 3.05) is 37.4 Å². The molecule has 0 unspecified atom stereocenters. The number of nitrogens with zero attached hydrogens (tertiary/aromatic N) is 2. The van der Waals surface area contributed by atoms with Crippen molar-refractivity contribution in [3.05, 3.63) is 71.7 Å². The standard InChI is InChI=1S/C28H30FN7O2/c1-3-13-36-14-5-6-18(16-36)17-9-10-21(23(15-17)38-2)33-28-34-26-19(11-12-31-26)27(35-28)32-22-8-4-7-20(29)24(22)25(30)37/h4,6-12,15H,3,5,13-14,16H2,1-2H3,(H2,30,37)(H3,31,32,33,34,35)/p+1. The molecule has 4 aromatic rings. The molecule has 0 atom stereocenters. The molecule has 0 spiro atoms. The van der Waals surface area contributed by atoms with Crippen LogP contribution in [-0.4, -0.2) is 47.5 Å². The molecule has 3 heterocycles. The Bertz CT molecular complexity index is 1510. The number of hydrogen-bond donors (Lipinski definition) is 4. The summed E-state index contributed by atoms with van der Waals surface area (Å²) in [5.41, 5.74) is 9.25. The second-order valence-corrected chi connectivity index (χ2v) is 9.19. The van der Waals surface area contributed by atoms with Gasteiger partial charge in [0.1, 0.15) is 11.5 Å². The zero-order valence-electron chi connectivity index (χ0n) is 21.4. The van der Waals surface area contributed by atoms with Crippen LogP contribution in [0.2, 0.25) is 0 Å². The van der Waals surface area contributed by atoms with E-state index in [1.807, 2.05) is 18.2 Å². The van der Waals surface area contributed by atoms with Crippen LogP contribution in [0, 0.1) is 5.82 Å². The van der Waals surface area contributed by atoms with Gasteiger partial charge >= 0.3 is 5.95 Å². The SMILES string of the molecule is CCCN1CCC=C(c2ccc(Nc3nc(Nc4cccc(F)c4C(N)=O)c4cc[nH]c4[nH+]3)c(OC)c2)C1. The summed E-state index contributed by atoms with van der Waals surface area (Å²) in [6.07, 6.45) is 6.22. The van der Waals surface area contributed by atoms with Crippen LogP contribution >= 0.6 is 0 Å². The number of aromatic amines is 2. The molecule has 1 aliphatic rings. The first-order valence-corrected chi connectivity index (χ1v) is 12.6. The fourth-order valence-electron chi connectivity index (χ4n) is 4.79. The molecule has 1 amide bonds. The number of anilines is 4. The molecule has 1 aliphatic heterocycles. The predicted octanol–water partition coefficient (Wildman–Crippen LogP) is 4.61. The van der Waals surface area contributed by atoms with Gasteiger partial charge in [0.25, 0.3) is 5.91 Å². The van der Waals surface area contributed by atoms with Gasteiger partial charge in [0.15, 0.2) is 5.75 Å². The van der Waals surface area contributed by atoms with E-state index in [4.69, 9.17) is 10.5 Å². The molecule has 38 heavy (non-hydrogen) atoms. The fourth-order valence-corrected chi connectivity index (χ4v) is 4.79. The van der Waals surface area contributed by atoms with Crippen molar-refractivity contribution in [2.24, 2.45) is 5.73 Å². The third-order valence-corrected chi connectivity index (χ3v) is 6.58. The zero-order valence-corrected chi connectivity index (χ0v) is 21.4. The molecule has 2 aromatic carbocycles. The van der Waals surface area contributed by atoms with Crippen molar-refractivity contribution >= 4 is 45.7 Å². The van der Waals surface area contributed by atoms with Crippen LogP contribution in [0.3, 0.4) is 0 Å². The number of halogens is 1. The average Bonchev–Trinajstić information content (AvgIpc) is 3.38. The number of nitrogens with one attached hydrogen (secondary N) is 4. The van der Waals surface area contributed by atoms with E-state index in [1.165, 1.54) is 17.7 Å². The number of nitrogens with two attached hydrogens (primary N) is 1. The van der Waals surface area contributed by atoms with Crippen LogP contribution in [0.1, 0.15) is 35.7 Å². The van der Waals surface area contributed by atoms with Crippen LogP contribution in [-0.2, 0) is 0 Å². The smallest absolute Gasteiger partial charge is 0.351 e. The number of rotatable bonds is 9. The molecule has 6 N–H and O–H groups in total. The number of carbonyl (C=O) groups excluding carboxylic acids is 1. The second kappa shape index (κ2) is 10.9. The number of primary amides is 1. The normalized spacial score (nSPS) is 13.8. The highest BCUT2D eigenvalue weighted by atomic mass is 19.1. The third-order valence-electron chi connectivity index (χ3n) is 6.58. The number of benzene rings is 2. The maximum Gasteiger partial charge on any atom is 0.351 e. The Morgan fingerprint density at radius 1 is 1.24 bits per heavy atom. The number of ether oxygens (including phenoxy) is 1. The summed E-state index contributed by atoms with van der Waals surface area (Å²) < 4.78 is 20.0. The molecule has 10 heteroatoms. The summed E-state index contributed by atoms with van der Waals surface area (Å²) in [7, 11) is 1.64. The molecule has 0 saturated carbocycles. The van der Waals surface area contributed by atoms with Gasteiger partial charge in [-0.2, -0.15) is 0 Å². The van der Waals surface area contributed by atoms with E-state index in [0.717, 1.165) is 49.1 Å². The lowest BCUT2D eigenvalue weighted by atomic mass is 10.00. The van der Waals surface area contributed by atoms with E-state index in [-0.39, 0.29) is 11.3 Å². The van der Waals surface area contributed by atoms with E-state index < -0.39 is 11.7 Å². The van der Waals surface area contributed by atoms with E-state index >= 15 is 0 Å². The van der Waals surface area contributed by atoms with Gasteiger partial charge in [-0.05, 0) is 60.9 Å². The van der Waals surface area contributed by atoms with Crippen LogP contribution in [0.15, 0.2) is 54.7 Å². The molecule has 0 saturated heterocycles. The fraction of sp³-hybridized carbons (Fsp3) is 0.250. The van der Waals surface area contributed by atoms with Gasteiger partial charge in [-0.25, -0.2) is 9.37 Å². The maximum atomic E-state index is 14.3. The number of aromatic nitrogens is 3. The first-order chi connectivity index (χ1) is 18.5. The quantitative estimate of drug-likeness (QED) is 0.258. The summed E-state index contributed by atoms with van der Waals surface area (Å²) >= 11 is 0. The predicted molar refractivity (Wildman–Crippen MR) is 146 cm³/mol. The Morgan fingerprint density at radius 2 is 2.11 bits per heavy atom. The molecule has 2 aromatic heterocycles. The summed E-state index contributed by atoms with van der Waals surface area (Å²) in [6, 6.07) is 12.2. The number of H-pyrrole nitrogens is 2. The van der Waals surface area contributed by atoms with E-state index in [2.05, 4.69) is 49.6 Å². The number of carbonyl (C=O) groups is 1. The van der Waals surface area contributed by atoms with Gasteiger partial charge in [-0.15, -0.1) is 0 Å². The first kappa shape index (κ1) is 25.2. The van der Waals surface area contributed by atoms with Crippen molar-refractivity contribution in [3.8, 4) is 5.75 Å². The van der Waals surface area contributed by atoms with Crippen molar-refractivity contribution in [2.45, 2.75) is 19.8 Å². The monoisotopic (exact) mass is 516 g/mol. The molecule has 5 rings (SSSR count). The Hall–Kier alpha value is -4.44. The summed E-state index contributed by atoms with van der Waals surface area (Å²) in [4.78, 5) is 25.4. The number of amides is 1. The van der Waals surface area contributed by atoms with E-state index in [1.54, 1.807) is 19.4 Å². The Morgan fingerprint density at radius 3 is 2.89 bits per heavy atom. The minimum absolute atomic E-state index is 0.226. The van der Waals surface area contributed by atoms with Crippen molar-refractivity contribution in [3.63, 3.8) is 0 Å². The molecular weight excluding hydrogens is 485 g/mol. The second-order valence-electron chi connectivity index (χ2n) is 9.19. The van der Waals surface area contributed by atoms with Gasteiger partial charge < -0.3 is 15.8 Å². The molecule has 0 fully saturated rings. The lowest BCUT2D eigenvalue weighted by molar-refractivity contribution is -0.333. The summed E-state index contributed by atoms with van der Waals surface area (Å²) in [6.45, 7) is 5.30. The van der Waals surface area contributed by atoms with Gasteiger partial charge in [0.2, 0.25) is 11.5 Å². The molecule has 0 aliphatic carbocycles. The molecule has 9 nitrogen and oxygen atoms in total. The van der Waals surface area contributed by atoms with Gasteiger partial charge in [-0.3, -0.25) is 20.0 Å². The van der Waals surface area contributed by atoms with Gasteiger partial charge in [0.05, 0.1) is 23.7 Å². The Labute approximate surface area is 219 Å². The highest BCUT2D eigenvalue weighted by Crippen LogP contribution is 2.33. The topological polar surface area (TPSA) is 122 Å². The molecule has 196 valence electrons. The third kappa shape index (κ3) is 5.16. The lowest BCUT2D eigenvalue weighted by Crippen LogP contribution is -2.30. The van der Waals surface area contributed by atoms with Gasteiger partial charge in [0, 0.05) is 19.3 Å². The van der Waals surface area contributed by atoms with Crippen LogP contribution in [0.25, 0.3) is 16.6 Å². The highest BCUT2D eigenvalue weighted by molar-refractivity contribution is 6.00.